The number of benzene rings is 2. The van der Waals surface area contributed by atoms with Crippen molar-refractivity contribution < 1.29 is 8.42 Å². The Morgan fingerprint density at radius 2 is 1.81 bits per heavy atom. The van der Waals surface area contributed by atoms with Crippen molar-refractivity contribution in [3.63, 3.8) is 0 Å². The van der Waals surface area contributed by atoms with E-state index in [1.54, 1.807) is 30.3 Å². The molecule has 0 radical (unpaired) electrons. The van der Waals surface area contributed by atoms with Crippen LogP contribution in [0.25, 0.3) is 0 Å². The predicted molar refractivity (Wildman–Crippen MR) is 89.8 cm³/mol. The third kappa shape index (κ3) is 3.98. The standard InChI is InChI=1S/C15H17BrN2O2S/c1-2-3-11-4-7-13(8-5-11)21(19,20)18-12-6-9-14(16)15(17)10-12/h4-10,18H,2-3,17H2,1H3. The number of hydrogen-bond donors (Lipinski definition) is 2. The summed E-state index contributed by atoms with van der Waals surface area (Å²) in [5.74, 6) is 0. The van der Waals surface area contributed by atoms with Gasteiger partial charge in [0.15, 0.2) is 0 Å². The summed E-state index contributed by atoms with van der Waals surface area (Å²) in [4.78, 5) is 0.240. The molecule has 0 atom stereocenters. The molecule has 21 heavy (non-hydrogen) atoms. The molecular weight excluding hydrogens is 352 g/mol. The summed E-state index contributed by atoms with van der Waals surface area (Å²) in [6.45, 7) is 2.09. The molecule has 2 aromatic rings. The molecule has 2 aromatic carbocycles. The van der Waals surface area contributed by atoms with Crippen molar-refractivity contribution in [3.8, 4) is 0 Å². The summed E-state index contributed by atoms with van der Waals surface area (Å²) in [6, 6.07) is 11.9. The number of hydrogen-bond acceptors (Lipinski definition) is 3. The molecule has 6 heteroatoms. The number of nitrogens with one attached hydrogen (secondary N) is 1. The zero-order chi connectivity index (χ0) is 15.5. The molecule has 0 heterocycles. The Bertz CT molecular complexity index is 728. The fourth-order valence-electron chi connectivity index (χ4n) is 1.95. The molecule has 0 spiro atoms. The van der Waals surface area contributed by atoms with Crippen molar-refractivity contribution in [2.24, 2.45) is 0 Å². The summed E-state index contributed by atoms with van der Waals surface area (Å²) >= 11 is 3.27. The first-order chi connectivity index (χ1) is 9.92. The average molecular weight is 369 g/mol. The van der Waals surface area contributed by atoms with E-state index >= 15 is 0 Å². The Morgan fingerprint density at radius 3 is 2.38 bits per heavy atom. The monoisotopic (exact) mass is 368 g/mol. The van der Waals surface area contributed by atoms with Gasteiger partial charge >= 0.3 is 0 Å². The smallest absolute Gasteiger partial charge is 0.261 e. The van der Waals surface area contributed by atoms with Crippen LogP contribution in [0.2, 0.25) is 0 Å². The highest BCUT2D eigenvalue weighted by atomic mass is 79.9. The second-order valence-corrected chi connectivity index (χ2v) is 7.27. The SMILES string of the molecule is CCCc1ccc(S(=O)(=O)Nc2ccc(Br)c(N)c2)cc1. The molecule has 0 saturated carbocycles. The van der Waals surface area contributed by atoms with Crippen molar-refractivity contribution in [2.45, 2.75) is 24.7 Å². The molecule has 0 aliphatic carbocycles. The quantitative estimate of drug-likeness (QED) is 0.788. The lowest BCUT2D eigenvalue weighted by atomic mass is 10.1. The van der Waals surface area contributed by atoms with E-state index in [0.717, 1.165) is 22.9 Å². The van der Waals surface area contributed by atoms with Gasteiger partial charge < -0.3 is 5.73 Å². The first kappa shape index (κ1) is 15.9. The molecule has 0 unspecified atom stereocenters. The molecule has 0 bridgehead atoms. The van der Waals surface area contributed by atoms with Crippen molar-refractivity contribution in [1.29, 1.82) is 0 Å². The molecular formula is C15H17BrN2O2S. The number of aryl methyl sites for hydroxylation is 1. The summed E-state index contributed by atoms with van der Waals surface area (Å²) in [5.41, 5.74) is 7.80. The van der Waals surface area contributed by atoms with Gasteiger partial charge in [-0.3, -0.25) is 4.72 Å². The van der Waals surface area contributed by atoms with Gasteiger partial charge in [-0.2, -0.15) is 0 Å². The molecule has 2 rings (SSSR count). The third-order valence-corrected chi connectivity index (χ3v) is 5.14. The van der Waals surface area contributed by atoms with E-state index in [4.69, 9.17) is 5.73 Å². The molecule has 0 aliphatic heterocycles. The van der Waals surface area contributed by atoms with Gasteiger partial charge in [-0.15, -0.1) is 0 Å². The number of sulfonamides is 1. The van der Waals surface area contributed by atoms with Crippen LogP contribution in [0.4, 0.5) is 11.4 Å². The zero-order valence-electron chi connectivity index (χ0n) is 11.6. The first-order valence-electron chi connectivity index (χ1n) is 6.59. The number of nitrogens with two attached hydrogens (primary N) is 1. The van der Waals surface area contributed by atoms with E-state index in [1.807, 2.05) is 12.1 Å². The van der Waals surface area contributed by atoms with Crippen molar-refractivity contribution in [2.75, 3.05) is 10.5 Å². The Labute approximate surface area is 133 Å². The van der Waals surface area contributed by atoms with Gasteiger partial charge in [0.25, 0.3) is 10.0 Å². The molecule has 4 nitrogen and oxygen atoms in total. The van der Waals surface area contributed by atoms with Crippen LogP contribution in [0.1, 0.15) is 18.9 Å². The highest BCUT2D eigenvalue weighted by Gasteiger charge is 2.14. The Morgan fingerprint density at radius 1 is 1.14 bits per heavy atom. The van der Waals surface area contributed by atoms with Crippen LogP contribution in [0, 0.1) is 0 Å². The van der Waals surface area contributed by atoms with Gasteiger partial charge in [-0.1, -0.05) is 25.5 Å². The van der Waals surface area contributed by atoms with Gasteiger partial charge in [0, 0.05) is 10.2 Å². The molecule has 0 amide bonds. The van der Waals surface area contributed by atoms with E-state index in [9.17, 15) is 8.42 Å². The van der Waals surface area contributed by atoms with Gasteiger partial charge in [0.05, 0.1) is 10.6 Å². The van der Waals surface area contributed by atoms with Gasteiger partial charge in [-0.25, -0.2) is 8.42 Å². The van der Waals surface area contributed by atoms with Gasteiger partial charge in [0.2, 0.25) is 0 Å². The average Bonchev–Trinajstić information content (AvgIpc) is 2.44. The molecule has 0 aliphatic rings. The lowest BCUT2D eigenvalue weighted by Gasteiger charge is -2.10. The van der Waals surface area contributed by atoms with Gasteiger partial charge in [0.1, 0.15) is 0 Å². The summed E-state index contributed by atoms with van der Waals surface area (Å²) < 4.78 is 27.9. The largest absolute Gasteiger partial charge is 0.398 e. The summed E-state index contributed by atoms with van der Waals surface area (Å²) in [6.07, 6.45) is 1.97. The molecule has 0 fully saturated rings. The lowest BCUT2D eigenvalue weighted by molar-refractivity contribution is 0.601. The van der Waals surface area contributed by atoms with E-state index in [-0.39, 0.29) is 4.90 Å². The normalized spacial score (nSPS) is 11.3. The zero-order valence-corrected chi connectivity index (χ0v) is 14.0. The minimum atomic E-state index is -3.60. The Hall–Kier alpha value is -1.53. The maximum Gasteiger partial charge on any atom is 0.261 e. The Kier molecular flexibility index (Phi) is 4.90. The second-order valence-electron chi connectivity index (χ2n) is 4.74. The highest BCUT2D eigenvalue weighted by Crippen LogP contribution is 2.24. The van der Waals surface area contributed by atoms with E-state index < -0.39 is 10.0 Å². The van der Waals surface area contributed by atoms with Crippen molar-refractivity contribution >= 4 is 37.3 Å². The van der Waals surface area contributed by atoms with E-state index in [0.29, 0.717) is 11.4 Å². The summed E-state index contributed by atoms with van der Waals surface area (Å²) in [7, 11) is -3.60. The predicted octanol–water partition coefficient (Wildman–Crippen LogP) is 3.78. The fraction of sp³-hybridized carbons (Fsp3) is 0.200. The van der Waals surface area contributed by atoms with Crippen LogP contribution in [-0.2, 0) is 16.4 Å². The summed E-state index contributed by atoms with van der Waals surface area (Å²) in [5, 5.41) is 0. The molecule has 0 saturated heterocycles. The minimum Gasteiger partial charge on any atom is -0.398 e. The van der Waals surface area contributed by atoms with Crippen LogP contribution < -0.4 is 10.5 Å². The van der Waals surface area contributed by atoms with Crippen LogP contribution in [0.3, 0.4) is 0 Å². The maximum atomic E-state index is 12.3. The fourth-order valence-corrected chi connectivity index (χ4v) is 3.24. The number of nitrogen functional groups attached to an aromatic ring is 1. The van der Waals surface area contributed by atoms with E-state index in [1.165, 1.54) is 0 Å². The maximum absolute atomic E-state index is 12.3. The molecule has 112 valence electrons. The van der Waals surface area contributed by atoms with E-state index in [2.05, 4.69) is 27.6 Å². The first-order valence-corrected chi connectivity index (χ1v) is 8.87. The topological polar surface area (TPSA) is 72.2 Å². The second kappa shape index (κ2) is 6.49. The lowest BCUT2D eigenvalue weighted by Crippen LogP contribution is -2.13. The number of halogens is 1. The van der Waals surface area contributed by atoms with Crippen molar-refractivity contribution in [1.82, 2.24) is 0 Å². The van der Waals surface area contributed by atoms with Crippen LogP contribution in [0.5, 0.6) is 0 Å². The minimum absolute atomic E-state index is 0.240. The van der Waals surface area contributed by atoms with Crippen LogP contribution >= 0.6 is 15.9 Å². The van der Waals surface area contributed by atoms with Gasteiger partial charge in [-0.05, 0) is 58.2 Å². The highest BCUT2D eigenvalue weighted by molar-refractivity contribution is 9.10. The Balaban J connectivity index is 2.23. The number of anilines is 2. The third-order valence-electron chi connectivity index (χ3n) is 3.02. The molecule has 3 N–H and O–H groups in total. The van der Waals surface area contributed by atoms with Crippen molar-refractivity contribution in [3.05, 3.63) is 52.5 Å². The number of rotatable bonds is 5. The van der Waals surface area contributed by atoms with Crippen LogP contribution in [-0.4, -0.2) is 8.42 Å². The van der Waals surface area contributed by atoms with Crippen LogP contribution in [0.15, 0.2) is 51.8 Å². The molecule has 0 aromatic heterocycles.